The van der Waals surface area contributed by atoms with Gasteiger partial charge in [-0.2, -0.15) is 11.3 Å². The maximum absolute atomic E-state index is 13.1. The van der Waals surface area contributed by atoms with Gasteiger partial charge in [0.2, 0.25) is 11.8 Å². The van der Waals surface area contributed by atoms with Gasteiger partial charge in [0.15, 0.2) is 0 Å². The van der Waals surface area contributed by atoms with Gasteiger partial charge in [0, 0.05) is 30.6 Å². The minimum Gasteiger partial charge on any atom is -0.441 e. The first-order chi connectivity index (χ1) is 13.7. The Morgan fingerprint density at radius 2 is 2.03 bits per heavy atom. The van der Waals surface area contributed by atoms with Crippen molar-refractivity contribution in [2.24, 2.45) is 0 Å². The van der Waals surface area contributed by atoms with Crippen molar-refractivity contribution in [1.82, 2.24) is 15.2 Å². The number of carbonyl (C=O) groups excluding carboxylic acids is 1. The number of carbonyl (C=O) groups is 1. The lowest BCUT2D eigenvalue weighted by Gasteiger charge is -2.36. The molecule has 1 N–H and O–H groups in total. The molecule has 30 heavy (non-hydrogen) atoms. The minimum absolute atomic E-state index is 0. The largest absolute Gasteiger partial charge is 0.441 e. The molecule has 8 heteroatoms. The van der Waals surface area contributed by atoms with Gasteiger partial charge < -0.3 is 14.6 Å². The van der Waals surface area contributed by atoms with Crippen molar-refractivity contribution in [3.05, 3.63) is 63.7 Å². The second-order valence-electron chi connectivity index (χ2n) is 7.11. The molecule has 0 saturated carbocycles. The summed E-state index contributed by atoms with van der Waals surface area (Å²) in [5.41, 5.74) is 4.17. The Morgan fingerprint density at radius 1 is 1.27 bits per heavy atom. The van der Waals surface area contributed by atoms with Crippen molar-refractivity contribution < 1.29 is 9.21 Å². The molecule has 162 valence electrons. The van der Waals surface area contributed by atoms with Crippen LogP contribution in [0.3, 0.4) is 0 Å². The summed E-state index contributed by atoms with van der Waals surface area (Å²) in [5, 5.41) is 7.42. The lowest BCUT2D eigenvalue weighted by molar-refractivity contribution is -0.133. The van der Waals surface area contributed by atoms with E-state index in [0.29, 0.717) is 18.2 Å². The van der Waals surface area contributed by atoms with E-state index in [4.69, 9.17) is 4.42 Å². The summed E-state index contributed by atoms with van der Waals surface area (Å²) in [6.45, 7) is 6.32. The maximum atomic E-state index is 13.1. The van der Waals surface area contributed by atoms with E-state index in [9.17, 15) is 4.79 Å². The summed E-state index contributed by atoms with van der Waals surface area (Å²) in [4.78, 5) is 19.7. The predicted molar refractivity (Wildman–Crippen MR) is 126 cm³/mol. The number of benzene rings is 1. The van der Waals surface area contributed by atoms with Crippen LogP contribution < -0.4 is 5.32 Å². The van der Waals surface area contributed by atoms with E-state index in [1.807, 2.05) is 28.7 Å². The number of aromatic nitrogens is 1. The molecule has 1 aliphatic rings. The topological polar surface area (TPSA) is 58.4 Å². The van der Waals surface area contributed by atoms with Crippen molar-refractivity contribution in [2.45, 2.75) is 32.7 Å². The summed E-state index contributed by atoms with van der Waals surface area (Å²) in [5.74, 6) is 1.40. The van der Waals surface area contributed by atoms with Crippen LogP contribution in [0.2, 0.25) is 0 Å². The lowest BCUT2D eigenvalue weighted by Crippen LogP contribution is -2.49. The van der Waals surface area contributed by atoms with Crippen molar-refractivity contribution in [1.29, 1.82) is 0 Å². The molecular formula is C22H27Cl2N3O2S. The molecule has 1 fully saturated rings. The van der Waals surface area contributed by atoms with Gasteiger partial charge in [-0.25, -0.2) is 4.98 Å². The molecule has 3 heterocycles. The van der Waals surface area contributed by atoms with Crippen LogP contribution in [-0.4, -0.2) is 35.4 Å². The van der Waals surface area contributed by atoms with Gasteiger partial charge in [0.1, 0.15) is 5.76 Å². The fourth-order valence-corrected chi connectivity index (χ4v) is 4.25. The summed E-state index contributed by atoms with van der Waals surface area (Å²) in [7, 11) is 0. The molecule has 2 aromatic heterocycles. The van der Waals surface area contributed by atoms with Gasteiger partial charge in [0.25, 0.3) is 0 Å². The molecule has 1 saturated heterocycles. The third-order valence-corrected chi connectivity index (χ3v) is 6.00. The van der Waals surface area contributed by atoms with E-state index in [2.05, 4.69) is 41.5 Å². The first-order valence-corrected chi connectivity index (χ1v) is 10.7. The highest BCUT2D eigenvalue weighted by Crippen LogP contribution is 2.27. The number of piperazine rings is 1. The van der Waals surface area contributed by atoms with Gasteiger partial charge in [-0.1, -0.05) is 31.2 Å². The minimum atomic E-state index is 0. The molecule has 5 nitrogen and oxygen atoms in total. The Bertz CT molecular complexity index is 942. The van der Waals surface area contributed by atoms with E-state index < -0.39 is 0 Å². The fraction of sp³-hybridized carbons (Fsp3) is 0.364. The molecule has 4 rings (SSSR count). The van der Waals surface area contributed by atoms with E-state index in [0.717, 1.165) is 30.8 Å². The lowest BCUT2D eigenvalue weighted by atomic mass is 10.0. The number of oxazole rings is 1. The molecule has 0 bridgehead atoms. The second-order valence-corrected chi connectivity index (χ2v) is 7.89. The molecule has 0 spiro atoms. The number of rotatable bonds is 5. The number of thiophene rings is 1. The quantitative estimate of drug-likeness (QED) is 0.583. The number of amides is 1. The number of aryl methyl sites for hydroxylation is 2. The Balaban J connectivity index is 0.00000160. The highest BCUT2D eigenvalue weighted by Gasteiger charge is 2.29. The zero-order valence-electron chi connectivity index (χ0n) is 17.1. The van der Waals surface area contributed by atoms with E-state index >= 15 is 0 Å². The van der Waals surface area contributed by atoms with Crippen LogP contribution in [-0.2, 0) is 17.6 Å². The highest BCUT2D eigenvalue weighted by atomic mass is 35.5. The molecule has 1 atom stereocenters. The summed E-state index contributed by atoms with van der Waals surface area (Å²) in [6, 6.07) is 10.6. The average Bonchev–Trinajstić information content (AvgIpc) is 3.38. The third-order valence-electron chi connectivity index (χ3n) is 5.32. The van der Waals surface area contributed by atoms with E-state index in [-0.39, 0.29) is 43.2 Å². The van der Waals surface area contributed by atoms with Crippen LogP contribution in [0.4, 0.5) is 0 Å². The first-order valence-electron chi connectivity index (χ1n) is 9.73. The van der Waals surface area contributed by atoms with Crippen molar-refractivity contribution in [2.75, 3.05) is 19.6 Å². The monoisotopic (exact) mass is 467 g/mol. The molecule has 1 aromatic carbocycles. The summed E-state index contributed by atoms with van der Waals surface area (Å²) in [6.07, 6.45) is 1.28. The van der Waals surface area contributed by atoms with Crippen LogP contribution in [0, 0.1) is 6.92 Å². The van der Waals surface area contributed by atoms with Crippen LogP contribution in [0.1, 0.15) is 35.5 Å². The molecule has 1 amide bonds. The van der Waals surface area contributed by atoms with E-state index in [1.54, 1.807) is 11.3 Å². The van der Waals surface area contributed by atoms with Crippen molar-refractivity contribution in [3.63, 3.8) is 0 Å². The van der Waals surface area contributed by atoms with Crippen molar-refractivity contribution in [3.8, 4) is 11.5 Å². The molecular weight excluding hydrogens is 441 g/mol. The van der Waals surface area contributed by atoms with Crippen molar-refractivity contribution >= 4 is 42.1 Å². The normalized spacial score (nSPS) is 15.9. The maximum Gasteiger partial charge on any atom is 0.229 e. The van der Waals surface area contributed by atoms with Gasteiger partial charge >= 0.3 is 0 Å². The predicted octanol–water partition coefficient (Wildman–Crippen LogP) is 4.83. The smallest absolute Gasteiger partial charge is 0.229 e. The third kappa shape index (κ3) is 5.24. The highest BCUT2D eigenvalue weighted by molar-refractivity contribution is 7.08. The number of hydrogen-bond donors (Lipinski definition) is 1. The van der Waals surface area contributed by atoms with E-state index in [1.165, 1.54) is 11.1 Å². The number of hydrogen-bond acceptors (Lipinski definition) is 5. The van der Waals surface area contributed by atoms with Gasteiger partial charge in [0.05, 0.1) is 18.2 Å². The number of nitrogens with zero attached hydrogens (tertiary/aromatic N) is 2. The Kier molecular flexibility index (Phi) is 8.92. The molecule has 0 aliphatic carbocycles. The zero-order chi connectivity index (χ0) is 19.5. The van der Waals surface area contributed by atoms with Gasteiger partial charge in [-0.05, 0) is 35.9 Å². The summed E-state index contributed by atoms with van der Waals surface area (Å²) >= 11 is 1.60. The average molecular weight is 468 g/mol. The van der Waals surface area contributed by atoms with Gasteiger partial charge in [-0.3, -0.25) is 4.79 Å². The Morgan fingerprint density at radius 3 is 2.70 bits per heavy atom. The molecule has 1 aliphatic heterocycles. The zero-order valence-corrected chi connectivity index (χ0v) is 19.5. The molecule has 0 radical (unpaired) electrons. The van der Waals surface area contributed by atoms with Gasteiger partial charge in [-0.15, -0.1) is 24.8 Å². The Labute approximate surface area is 193 Å². The van der Waals surface area contributed by atoms with Crippen LogP contribution in [0.25, 0.3) is 11.5 Å². The molecule has 3 aromatic rings. The van der Waals surface area contributed by atoms with Crippen LogP contribution >= 0.6 is 36.2 Å². The Hall–Kier alpha value is -1.86. The fourth-order valence-electron chi connectivity index (χ4n) is 3.62. The molecule has 1 unspecified atom stereocenters. The van der Waals surface area contributed by atoms with Crippen LogP contribution in [0.15, 0.2) is 45.5 Å². The number of nitrogens with one attached hydrogen (secondary N) is 1. The first kappa shape index (κ1) is 24.4. The second kappa shape index (κ2) is 11.0. The standard InChI is InChI=1S/C22H25N3O2S.2ClH/c1-3-16-4-6-17(7-5-16)20-13-23-9-10-25(20)21(26)12-19-15(2)27-22(24-19)18-8-11-28-14-18;;/h4-8,11,14,20,23H,3,9-10,12-13H2,1-2H3;2*1H. The van der Waals surface area contributed by atoms with Crippen LogP contribution in [0.5, 0.6) is 0 Å². The number of halogens is 2. The summed E-state index contributed by atoms with van der Waals surface area (Å²) < 4.78 is 5.80. The SMILES string of the molecule is CCc1ccc(C2CNCCN2C(=O)Cc2nc(-c3ccsc3)oc2C)cc1.Cl.Cl.